The molecule has 4 heteroatoms. The number of hydrogen-bond donors (Lipinski definition) is 0. The molecule has 0 nitrogen and oxygen atoms in total. The third kappa shape index (κ3) is 66.6. The molecule has 0 aliphatic heterocycles. The van der Waals surface area contributed by atoms with E-state index in [2.05, 4.69) is 12.2 Å². The normalized spacial score (nSPS) is 6.07. The van der Waals surface area contributed by atoms with Crippen LogP contribution in [0.5, 0.6) is 0 Å². The summed E-state index contributed by atoms with van der Waals surface area (Å²) in [6.07, 6.45) is 10.0. The Morgan fingerprint density at radius 2 is 1.20 bits per heavy atom. The van der Waals surface area contributed by atoms with Gasteiger partial charge in [-0.1, -0.05) is 0 Å². The molecule has 0 saturated carbocycles. The van der Waals surface area contributed by atoms with Gasteiger partial charge in [-0.05, 0) is 0 Å². The molecule has 0 radical (unpaired) electrons. The van der Waals surface area contributed by atoms with E-state index in [4.69, 9.17) is 0 Å². The van der Waals surface area contributed by atoms with E-state index >= 15 is 0 Å². The molecule has 0 aromatic heterocycles. The minimum atomic E-state index is 0. The summed E-state index contributed by atoms with van der Waals surface area (Å²) >= 11 is 1.58. The zero-order valence-electron chi connectivity index (χ0n) is 11.0. The average Bonchev–Trinajstić information content (AvgIpc) is 2.23. The minimum absolute atomic E-state index is 0. The van der Waals surface area contributed by atoms with Gasteiger partial charge in [-0.25, -0.2) is 12.2 Å². The van der Waals surface area contributed by atoms with Crippen LogP contribution in [0.3, 0.4) is 0 Å². The molecule has 0 N–H and O–H groups in total. The van der Waals surface area contributed by atoms with Crippen molar-refractivity contribution in [2.45, 2.75) is 6.42 Å². The van der Waals surface area contributed by atoms with Gasteiger partial charge in [-0.15, -0.1) is 40.4 Å². The van der Waals surface area contributed by atoms with E-state index in [-0.39, 0.29) is 78.5 Å². The SMILES string of the molecule is Br.Br.[C-]1=CC=CC1.[CH3-].[CH3-].[CH3-].[CH3-].[CH3-].[CH3-].[SiH2]=[Zr]. The van der Waals surface area contributed by atoms with Crippen molar-refractivity contribution >= 4 is 40.8 Å². The van der Waals surface area contributed by atoms with Crippen molar-refractivity contribution in [2.75, 3.05) is 0 Å². The van der Waals surface area contributed by atoms with Crippen molar-refractivity contribution < 1.29 is 23.3 Å². The van der Waals surface area contributed by atoms with Gasteiger partial charge in [0, 0.05) is 0 Å². The van der Waals surface area contributed by atoms with Gasteiger partial charge in [-0.2, -0.15) is 6.08 Å². The maximum atomic E-state index is 2.99. The molecule has 1 aliphatic carbocycles. The van der Waals surface area contributed by atoms with Crippen LogP contribution >= 0.6 is 34.0 Å². The van der Waals surface area contributed by atoms with Gasteiger partial charge in [0.2, 0.25) is 0 Å². The summed E-state index contributed by atoms with van der Waals surface area (Å²) in [5, 5.41) is 0. The van der Waals surface area contributed by atoms with Gasteiger partial charge >= 0.3 is 30.2 Å². The summed E-state index contributed by atoms with van der Waals surface area (Å²) in [4.78, 5) is 0. The summed E-state index contributed by atoms with van der Waals surface area (Å²) < 4.78 is 0. The van der Waals surface area contributed by atoms with Gasteiger partial charge in [0.1, 0.15) is 0 Å². The quantitative estimate of drug-likeness (QED) is 0.392. The molecule has 1 aliphatic rings. The van der Waals surface area contributed by atoms with Crippen LogP contribution in [0, 0.1) is 50.6 Å². The van der Waals surface area contributed by atoms with Gasteiger partial charge in [0.15, 0.2) is 0 Å². The molecule has 1 rings (SSSR count). The Balaban J connectivity index is -0.00000000495. The van der Waals surface area contributed by atoms with Crippen LogP contribution in [0.2, 0.25) is 0 Å². The predicted molar refractivity (Wildman–Crippen MR) is 89.2 cm³/mol. The van der Waals surface area contributed by atoms with E-state index in [1.807, 2.05) is 19.0 Å². The Labute approximate surface area is 138 Å². The van der Waals surface area contributed by atoms with E-state index in [0.29, 0.717) is 0 Å². The van der Waals surface area contributed by atoms with Gasteiger partial charge in [0.25, 0.3) is 0 Å². The third-order valence-electron chi connectivity index (χ3n) is 0.586. The summed E-state index contributed by atoms with van der Waals surface area (Å²) in [5.74, 6) is 0. The molecule has 0 bridgehead atoms. The van der Waals surface area contributed by atoms with Crippen molar-refractivity contribution in [3.63, 3.8) is 0 Å². The summed E-state index contributed by atoms with van der Waals surface area (Å²) in [5.41, 5.74) is 0. The molecule has 15 heavy (non-hydrogen) atoms. The Morgan fingerprint density at radius 3 is 1.27 bits per heavy atom. The molecule has 0 aromatic rings. The Morgan fingerprint density at radius 1 is 0.867 bits per heavy atom. The van der Waals surface area contributed by atoms with Crippen molar-refractivity contribution in [3.8, 4) is 0 Å². The first-order chi connectivity index (χ1) is 3.50. The first kappa shape index (κ1) is 70.3. The van der Waals surface area contributed by atoms with Crippen LogP contribution in [0.4, 0.5) is 0 Å². The predicted octanol–water partition coefficient (Wildman–Crippen LogP) is 4.24. The number of hydrogen-bond acceptors (Lipinski definition) is 0. The molecule has 100 valence electrons. The summed E-state index contributed by atoms with van der Waals surface area (Å²) in [6, 6.07) is 0. The van der Waals surface area contributed by atoms with Crippen LogP contribution in [0.25, 0.3) is 0 Å². The number of halogens is 2. The van der Waals surface area contributed by atoms with E-state index in [0.717, 1.165) is 6.42 Å². The molecule has 0 amide bonds. The number of allylic oxidation sites excluding steroid dienone is 4. The zero-order chi connectivity index (χ0) is 5.54. The molecule has 0 saturated heterocycles. The van der Waals surface area contributed by atoms with Crippen LogP contribution in [0.1, 0.15) is 6.42 Å². The zero-order valence-corrected chi connectivity index (χ0v) is 18.3. The van der Waals surface area contributed by atoms with Crippen LogP contribution in [-0.4, -0.2) is 6.88 Å². The molecule has 0 heterocycles. The fourth-order valence-corrected chi connectivity index (χ4v) is 0.340. The first-order valence-electron chi connectivity index (χ1n) is 2.07. The van der Waals surface area contributed by atoms with Crippen molar-refractivity contribution in [1.82, 2.24) is 0 Å². The second-order valence-electron chi connectivity index (χ2n) is 1.00. The van der Waals surface area contributed by atoms with Gasteiger partial charge < -0.3 is 44.6 Å². The Bertz CT molecular complexity index is 86.6. The van der Waals surface area contributed by atoms with Crippen molar-refractivity contribution in [3.05, 3.63) is 68.9 Å². The van der Waals surface area contributed by atoms with Crippen LogP contribution in [-0.2, 0) is 23.3 Å². The van der Waals surface area contributed by atoms with Gasteiger partial charge in [-0.3, -0.25) is 6.08 Å². The Hall–Kier alpha value is 1.54. The van der Waals surface area contributed by atoms with Crippen molar-refractivity contribution in [1.29, 1.82) is 0 Å². The molecular weight excluding hydrogens is 411 g/mol. The number of rotatable bonds is 0. The topological polar surface area (TPSA) is 0 Å². The monoisotopic (exact) mass is 435 g/mol. The van der Waals surface area contributed by atoms with Crippen LogP contribution in [0.15, 0.2) is 18.2 Å². The summed E-state index contributed by atoms with van der Waals surface area (Å²) in [6.45, 7) is 1.95. The summed E-state index contributed by atoms with van der Waals surface area (Å²) in [7, 11) is 0. The van der Waals surface area contributed by atoms with E-state index in [1.54, 1.807) is 23.3 Å². The van der Waals surface area contributed by atoms with E-state index in [9.17, 15) is 0 Å². The van der Waals surface area contributed by atoms with Crippen molar-refractivity contribution in [2.24, 2.45) is 0 Å². The van der Waals surface area contributed by atoms with E-state index in [1.165, 1.54) is 0 Å². The Kier molecular flexibility index (Phi) is 360. The van der Waals surface area contributed by atoms with Crippen LogP contribution < -0.4 is 0 Å². The first-order valence-corrected chi connectivity index (χ1v) is 7.99. The second kappa shape index (κ2) is 76.8. The average molecular weight is 438 g/mol. The molecular formula is C11H27Br2SiZr-7. The second-order valence-corrected chi connectivity index (χ2v) is 1.00. The molecule has 0 spiro atoms. The fraction of sp³-hybridized carbons (Fsp3) is 0.0909. The third-order valence-corrected chi connectivity index (χ3v) is 0.586. The van der Waals surface area contributed by atoms with E-state index < -0.39 is 0 Å². The molecule has 0 aromatic carbocycles. The molecule has 0 fully saturated rings. The standard InChI is InChI=1S/C5H5.6CH3.2BrH.H2Si.Zr/c1-2-4-5-3-1;;;;;;;;;;/h1-3H,4H2;6*1H3;2*1H;1H2;/q7*-1;;;;. The fourth-order valence-electron chi connectivity index (χ4n) is 0.340. The molecule has 0 unspecified atom stereocenters. The maximum absolute atomic E-state index is 2.99. The van der Waals surface area contributed by atoms with Gasteiger partial charge in [0.05, 0.1) is 0 Å². The molecule has 0 atom stereocenters.